The molecule has 0 spiro atoms. The van der Waals surface area contributed by atoms with Crippen LogP contribution in [0.5, 0.6) is 0 Å². The second-order valence-corrected chi connectivity index (χ2v) is 5.08. The zero-order chi connectivity index (χ0) is 12.9. The second kappa shape index (κ2) is 6.31. The molecule has 0 heterocycles. The van der Waals surface area contributed by atoms with Gasteiger partial charge in [0.1, 0.15) is 0 Å². The lowest BCUT2D eigenvalue weighted by atomic mass is 10.1. The van der Waals surface area contributed by atoms with Crippen molar-refractivity contribution in [3.8, 4) is 0 Å². The molecule has 0 saturated heterocycles. The number of thioether (sulfide) groups is 1. The van der Waals surface area contributed by atoms with Gasteiger partial charge in [0.25, 0.3) is 0 Å². The van der Waals surface area contributed by atoms with Crippen LogP contribution in [-0.2, 0) is 11.9 Å². The highest BCUT2D eigenvalue weighted by atomic mass is 32.2. The molecular formula is C12H16F3NS. The molecule has 0 aliphatic rings. The largest absolute Gasteiger partial charge is 0.416 e. The molecule has 0 radical (unpaired) electrons. The number of halogens is 3. The predicted molar refractivity (Wildman–Crippen MR) is 65.8 cm³/mol. The highest BCUT2D eigenvalue weighted by Gasteiger charge is 2.29. The number of hydrogen-bond acceptors (Lipinski definition) is 2. The van der Waals surface area contributed by atoms with Gasteiger partial charge in [-0.05, 0) is 35.9 Å². The molecule has 1 nitrogen and oxygen atoms in total. The first kappa shape index (κ1) is 14.4. The molecule has 1 unspecified atom stereocenters. The Hall–Kier alpha value is -0.680. The first-order valence-corrected chi connectivity index (χ1v) is 6.53. The zero-order valence-electron chi connectivity index (χ0n) is 9.63. The quantitative estimate of drug-likeness (QED) is 0.879. The molecule has 1 atom stereocenters. The lowest BCUT2D eigenvalue weighted by Crippen LogP contribution is -2.12. The topological polar surface area (TPSA) is 26.0 Å². The highest BCUT2D eigenvalue weighted by Crippen LogP contribution is 2.29. The van der Waals surface area contributed by atoms with Gasteiger partial charge in [0, 0.05) is 5.75 Å². The minimum Gasteiger partial charge on any atom is -0.330 e. The summed E-state index contributed by atoms with van der Waals surface area (Å²) in [4.78, 5) is 0. The summed E-state index contributed by atoms with van der Waals surface area (Å²) < 4.78 is 36.9. The van der Waals surface area contributed by atoms with E-state index in [-0.39, 0.29) is 0 Å². The van der Waals surface area contributed by atoms with Gasteiger partial charge in [-0.1, -0.05) is 19.1 Å². The highest BCUT2D eigenvalue weighted by molar-refractivity contribution is 7.98. The standard InChI is InChI=1S/C12H16F3NS/c1-9(6-16)7-17-8-10-2-4-11(5-3-10)12(13,14)15/h2-5,9H,6-8,16H2,1H3. The van der Waals surface area contributed by atoms with E-state index in [4.69, 9.17) is 5.73 Å². The van der Waals surface area contributed by atoms with E-state index < -0.39 is 11.7 Å². The number of nitrogens with two attached hydrogens (primary N) is 1. The third kappa shape index (κ3) is 5.00. The van der Waals surface area contributed by atoms with E-state index in [2.05, 4.69) is 6.92 Å². The van der Waals surface area contributed by atoms with Gasteiger partial charge >= 0.3 is 6.18 Å². The maximum absolute atomic E-state index is 12.3. The van der Waals surface area contributed by atoms with Crippen LogP contribution in [0.15, 0.2) is 24.3 Å². The van der Waals surface area contributed by atoms with Crippen molar-refractivity contribution >= 4 is 11.8 Å². The molecule has 0 aromatic heterocycles. The fraction of sp³-hybridized carbons (Fsp3) is 0.500. The molecule has 1 aromatic carbocycles. The van der Waals surface area contributed by atoms with Crippen LogP contribution in [0.3, 0.4) is 0 Å². The van der Waals surface area contributed by atoms with Crippen molar-refractivity contribution in [1.29, 1.82) is 0 Å². The Labute approximate surface area is 104 Å². The number of rotatable bonds is 5. The van der Waals surface area contributed by atoms with Crippen LogP contribution in [0.1, 0.15) is 18.1 Å². The third-order valence-electron chi connectivity index (χ3n) is 2.35. The molecule has 0 bridgehead atoms. The minimum absolute atomic E-state index is 0.439. The summed E-state index contributed by atoms with van der Waals surface area (Å²) in [7, 11) is 0. The SMILES string of the molecule is CC(CN)CSCc1ccc(C(F)(F)F)cc1. The van der Waals surface area contributed by atoms with Crippen LogP contribution in [-0.4, -0.2) is 12.3 Å². The van der Waals surface area contributed by atoms with Crippen molar-refractivity contribution in [2.24, 2.45) is 11.7 Å². The molecule has 1 rings (SSSR count). The summed E-state index contributed by atoms with van der Waals surface area (Å²) in [5.74, 6) is 2.09. The normalized spacial score (nSPS) is 13.7. The summed E-state index contributed by atoms with van der Waals surface area (Å²) in [5, 5.41) is 0. The number of alkyl halides is 3. The van der Waals surface area contributed by atoms with E-state index in [0.29, 0.717) is 12.5 Å². The van der Waals surface area contributed by atoms with Gasteiger partial charge in [0.2, 0.25) is 0 Å². The lowest BCUT2D eigenvalue weighted by molar-refractivity contribution is -0.137. The van der Waals surface area contributed by atoms with Gasteiger partial charge < -0.3 is 5.73 Å². The molecule has 0 aliphatic carbocycles. The van der Waals surface area contributed by atoms with Crippen molar-refractivity contribution in [2.75, 3.05) is 12.3 Å². The molecule has 1 aromatic rings. The Morgan fingerprint density at radius 3 is 2.29 bits per heavy atom. The van der Waals surface area contributed by atoms with E-state index in [1.165, 1.54) is 12.1 Å². The Kier molecular flexibility index (Phi) is 5.33. The Morgan fingerprint density at radius 2 is 1.82 bits per heavy atom. The monoisotopic (exact) mass is 263 g/mol. The molecule has 5 heteroatoms. The molecule has 96 valence electrons. The fourth-order valence-corrected chi connectivity index (χ4v) is 2.32. The maximum Gasteiger partial charge on any atom is 0.416 e. The average molecular weight is 263 g/mol. The van der Waals surface area contributed by atoms with Crippen molar-refractivity contribution in [3.05, 3.63) is 35.4 Å². The van der Waals surface area contributed by atoms with Crippen molar-refractivity contribution < 1.29 is 13.2 Å². The Morgan fingerprint density at radius 1 is 1.24 bits per heavy atom. The number of benzene rings is 1. The molecular weight excluding hydrogens is 247 g/mol. The van der Waals surface area contributed by atoms with Crippen molar-refractivity contribution in [2.45, 2.75) is 18.9 Å². The zero-order valence-corrected chi connectivity index (χ0v) is 10.4. The predicted octanol–water partition coefficient (Wildman–Crippen LogP) is 3.53. The average Bonchev–Trinajstić information content (AvgIpc) is 2.28. The first-order valence-electron chi connectivity index (χ1n) is 5.37. The third-order valence-corrected chi connectivity index (χ3v) is 3.70. The van der Waals surface area contributed by atoms with Crippen LogP contribution in [0.2, 0.25) is 0 Å². The van der Waals surface area contributed by atoms with E-state index in [0.717, 1.165) is 29.2 Å². The van der Waals surface area contributed by atoms with E-state index >= 15 is 0 Å². The molecule has 0 saturated carbocycles. The minimum atomic E-state index is -4.25. The van der Waals surface area contributed by atoms with Crippen molar-refractivity contribution in [3.63, 3.8) is 0 Å². The molecule has 0 aliphatic heterocycles. The van der Waals surface area contributed by atoms with Gasteiger partial charge in [-0.3, -0.25) is 0 Å². The summed E-state index contributed by atoms with van der Waals surface area (Å²) in [6.07, 6.45) is -4.25. The smallest absolute Gasteiger partial charge is 0.330 e. The summed E-state index contributed by atoms with van der Waals surface area (Å²) in [6, 6.07) is 5.32. The van der Waals surface area contributed by atoms with Crippen LogP contribution in [0, 0.1) is 5.92 Å². The maximum atomic E-state index is 12.3. The molecule has 17 heavy (non-hydrogen) atoms. The first-order chi connectivity index (χ1) is 7.93. The van der Waals surface area contributed by atoms with E-state index in [1.54, 1.807) is 11.8 Å². The molecule has 0 fully saturated rings. The van der Waals surface area contributed by atoms with Crippen molar-refractivity contribution in [1.82, 2.24) is 0 Å². The Bertz CT molecular complexity index is 335. The van der Waals surface area contributed by atoms with Crippen LogP contribution >= 0.6 is 11.8 Å². The summed E-state index contributed by atoms with van der Waals surface area (Å²) >= 11 is 1.69. The second-order valence-electron chi connectivity index (χ2n) is 4.05. The summed E-state index contributed by atoms with van der Waals surface area (Å²) in [5.41, 5.74) is 5.79. The van der Waals surface area contributed by atoms with Gasteiger partial charge in [0.05, 0.1) is 5.56 Å². The molecule has 0 amide bonds. The van der Waals surface area contributed by atoms with Crippen LogP contribution in [0.25, 0.3) is 0 Å². The van der Waals surface area contributed by atoms with Crippen LogP contribution < -0.4 is 5.73 Å². The lowest BCUT2D eigenvalue weighted by Gasteiger charge is -2.09. The van der Waals surface area contributed by atoms with Gasteiger partial charge in [-0.2, -0.15) is 24.9 Å². The van der Waals surface area contributed by atoms with Gasteiger partial charge in [-0.15, -0.1) is 0 Å². The Balaban J connectivity index is 2.46. The van der Waals surface area contributed by atoms with E-state index in [9.17, 15) is 13.2 Å². The van der Waals surface area contributed by atoms with Crippen LogP contribution in [0.4, 0.5) is 13.2 Å². The molecule has 2 N–H and O–H groups in total. The summed E-state index contributed by atoms with van der Waals surface area (Å²) in [6.45, 7) is 2.69. The van der Waals surface area contributed by atoms with E-state index in [1.807, 2.05) is 0 Å². The number of hydrogen-bond donors (Lipinski definition) is 1. The van der Waals surface area contributed by atoms with Gasteiger partial charge in [0.15, 0.2) is 0 Å². The van der Waals surface area contributed by atoms with Gasteiger partial charge in [-0.25, -0.2) is 0 Å². The fourth-order valence-electron chi connectivity index (χ4n) is 1.24.